The number of alkyl halides is 3. The molecule has 0 saturated heterocycles. The summed E-state index contributed by atoms with van der Waals surface area (Å²) in [5, 5.41) is 4.55. The third kappa shape index (κ3) is 4.91. The number of nitrogens with two attached hydrogens (primary N) is 1. The number of nitrogen functional groups attached to an aromatic ring is 1. The molecule has 0 spiro atoms. The van der Waals surface area contributed by atoms with E-state index in [1.807, 2.05) is 26.0 Å². The van der Waals surface area contributed by atoms with Gasteiger partial charge in [-0.2, -0.15) is 5.10 Å². The summed E-state index contributed by atoms with van der Waals surface area (Å²) >= 11 is 0. The fraction of sp³-hybridized carbons (Fsp3) is 0.138. The number of hydrogen-bond donors (Lipinski definition) is 2. The van der Waals surface area contributed by atoms with E-state index >= 15 is 0 Å². The van der Waals surface area contributed by atoms with Crippen molar-refractivity contribution in [2.45, 2.75) is 31.5 Å². The summed E-state index contributed by atoms with van der Waals surface area (Å²) in [6, 6.07) is 17.2. The quantitative estimate of drug-likeness (QED) is 0.224. The van der Waals surface area contributed by atoms with Crippen molar-refractivity contribution in [2.75, 3.05) is 5.73 Å². The van der Waals surface area contributed by atoms with Gasteiger partial charge < -0.3 is 15.5 Å². The van der Waals surface area contributed by atoms with Crippen LogP contribution in [0.4, 0.5) is 19.0 Å². The van der Waals surface area contributed by atoms with Gasteiger partial charge in [0, 0.05) is 11.8 Å². The maximum Gasteiger partial charge on any atom is 0.573 e. The Bertz CT molecular complexity index is 2010. The van der Waals surface area contributed by atoms with E-state index in [0.717, 1.165) is 41.0 Å². The Balaban J connectivity index is 1.45. The van der Waals surface area contributed by atoms with Crippen molar-refractivity contribution >= 4 is 44.5 Å². The zero-order valence-electron chi connectivity index (χ0n) is 22.3. The molecule has 9 nitrogen and oxygen atoms in total. The number of aryl methyl sites for hydroxylation is 2. The highest BCUT2D eigenvalue weighted by molar-refractivity contribution is 7.83. The van der Waals surface area contributed by atoms with Gasteiger partial charge in [-0.3, -0.25) is 8.77 Å². The monoisotopic (exact) mass is 592 g/mol. The maximum atomic E-state index is 13.9. The summed E-state index contributed by atoms with van der Waals surface area (Å²) in [5.41, 5.74) is 9.75. The van der Waals surface area contributed by atoms with Crippen molar-refractivity contribution in [3.8, 4) is 11.4 Å². The van der Waals surface area contributed by atoms with Crippen molar-refractivity contribution in [2.24, 2.45) is 0 Å². The Morgan fingerprint density at radius 2 is 1.83 bits per heavy atom. The van der Waals surface area contributed by atoms with Gasteiger partial charge in [-0.05, 0) is 61.5 Å². The van der Waals surface area contributed by atoms with E-state index in [1.54, 1.807) is 30.3 Å². The number of carbonyl (C=O) groups is 1. The first-order valence-corrected chi connectivity index (χ1v) is 13.9. The van der Waals surface area contributed by atoms with Gasteiger partial charge >= 0.3 is 6.36 Å². The lowest BCUT2D eigenvalue weighted by Gasteiger charge is -2.11. The molecule has 0 saturated carbocycles. The molecule has 1 unspecified atom stereocenters. The number of carbonyl (C=O) groups excluding carboxylic acids is 1. The fourth-order valence-corrected chi connectivity index (χ4v) is 5.93. The smallest absolute Gasteiger partial charge is 0.406 e. The molecule has 1 atom stereocenters. The third-order valence-electron chi connectivity index (χ3n) is 6.73. The summed E-state index contributed by atoms with van der Waals surface area (Å²) in [5.74, 6) is -0.220. The topological polar surface area (TPSA) is 121 Å². The molecule has 0 aliphatic heterocycles. The number of hydrogen-bond acceptors (Lipinski definition) is 6. The first-order chi connectivity index (χ1) is 20.0. The summed E-state index contributed by atoms with van der Waals surface area (Å²) in [4.78, 5) is 22.1. The first kappa shape index (κ1) is 27.3. The van der Waals surface area contributed by atoms with E-state index in [9.17, 15) is 22.2 Å². The molecule has 13 heteroatoms. The molecule has 3 aromatic heterocycles. The van der Waals surface area contributed by atoms with Gasteiger partial charge in [0.15, 0.2) is 11.0 Å². The molecule has 0 amide bonds. The number of anilines is 1. The van der Waals surface area contributed by atoms with Gasteiger partial charge in [0.05, 0.1) is 38.9 Å². The van der Waals surface area contributed by atoms with E-state index < -0.39 is 28.9 Å². The van der Waals surface area contributed by atoms with Gasteiger partial charge in [-0.1, -0.05) is 24.6 Å². The van der Waals surface area contributed by atoms with E-state index in [2.05, 4.69) is 19.8 Å². The van der Waals surface area contributed by atoms with Crippen LogP contribution in [0.25, 0.3) is 27.6 Å². The molecule has 6 rings (SSSR count). The Morgan fingerprint density at radius 3 is 2.55 bits per heavy atom. The normalized spacial score (nSPS) is 12.7. The molecule has 42 heavy (non-hydrogen) atoms. The van der Waals surface area contributed by atoms with Gasteiger partial charge in [0.1, 0.15) is 23.1 Å². The number of aromatic nitrogens is 5. The molecule has 6 aromatic rings. The number of rotatable bonds is 7. The fourth-order valence-electron chi connectivity index (χ4n) is 4.69. The molecule has 0 fully saturated rings. The number of H-pyrrole nitrogens is 1. The van der Waals surface area contributed by atoms with Crippen LogP contribution >= 0.6 is 0 Å². The van der Waals surface area contributed by atoms with Crippen LogP contribution in [0.1, 0.15) is 34.4 Å². The molecular weight excluding hydrogens is 569 g/mol. The average molecular weight is 593 g/mol. The molecular formula is C29H23F3N6O3S. The molecule has 0 aliphatic carbocycles. The van der Waals surface area contributed by atoms with Crippen LogP contribution in [0.15, 0.2) is 77.8 Å². The van der Waals surface area contributed by atoms with Crippen LogP contribution in [0, 0.1) is 6.92 Å². The van der Waals surface area contributed by atoms with Crippen molar-refractivity contribution in [1.82, 2.24) is 23.7 Å². The minimum atomic E-state index is -4.90. The molecule has 0 aliphatic rings. The standard InChI is InChI=1S/C29H23F3N6O3S/c1-3-26-35-22-10-6-18(14-23(22)36-26)37-28(33)21(15-34-37)27(39)25-13-17-12-19(41-29(30,31)32)7-11-24(17)38(25)42(40)20-8-4-16(2)5-9-20/h4-15H,3,33H2,1-2H3,(H,35,36). The zero-order valence-corrected chi connectivity index (χ0v) is 23.1. The Hall–Kier alpha value is -4.91. The van der Waals surface area contributed by atoms with Crippen LogP contribution in [-0.4, -0.2) is 40.1 Å². The average Bonchev–Trinajstić information content (AvgIpc) is 3.65. The Labute approximate surface area is 239 Å². The number of ketones is 1. The van der Waals surface area contributed by atoms with Crippen LogP contribution in [0.2, 0.25) is 0 Å². The molecule has 0 radical (unpaired) electrons. The summed E-state index contributed by atoms with van der Waals surface area (Å²) < 4.78 is 59.2. The minimum absolute atomic E-state index is 0.0330. The number of fused-ring (bicyclic) bond motifs is 2. The zero-order chi connectivity index (χ0) is 29.8. The SMILES string of the molecule is CCc1nc2ccc(-n3ncc(C(=O)c4cc5cc(OC(F)(F)F)ccc5n4S(=O)c4ccc(C)cc4)c3N)cc2[nH]1. The number of ether oxygens (including phenoxy) is 1. The second kappa shape index (κ2) is 10.2. The minimum Gasteiger partial charge on any atom is -0.406 e. The summed E-state index contributed by atoms with van der Waals surface area (Å²) in [7, 11) is -1.93. The summed E-state index contributed by atoms with van der Waals surface area (Å²) in [6.07, 6.45) is -2.87. The number of imidazole rings is 1. The lowest BCUT2D eigenvalue weighted by Crippen LogP contribution is -2.17. The second-order valence-corrected chi connectivity index (χ2v) is 10.9. The van der Waals surface area contributed by atoms with Crippen molar-refractivity contribution in [3.05, 3.63) is 95.6 Å². The highest BCUT2D eigenvalue weighted by atomic mass is 32.2. The van der Waals surface area contributed by atoms with Crippen LogP contribution in [-0.2, 0) is 17.4 Å². The molecule has 3 N–H and O–H groups in total. The van der Waals surface area contributed by atoms with Gasteiger partial charge in [-0.15, -0.1) is 13.2 Å². The van der Waals surface area contributed by atoms with E-state index in [1.165, 1.54) is 27.0 Å². The van der Waals surface area contributed by atoms with Gasteiger partial charge in [0.25, 0.3) is 0 Å². The van der Waals surface area contributed by atoms with Crippen molar-refractivity contribution in [3.63, 3.8) is 0 Å². The first-order valence-electron chi connectivity index (χ1n) is 12.8. The number of halogens is 3. The van der Waals surface area contributed by atoms with E-state index in [0.29, 0.717) is 10.6 Å². The predicted molar refractivity (Wildman–Crippen MR) is 152 cm³/mol. The molecule has 3 aromatic carbocycles. The third-order valence-corrected chi connectivity index (χ3v) is 8.13. The van der Waals surface area contributed by atoms with E-state index in [4.69, 9.17) is 5.73 Å². The van der Waals surface area contributed by atoms with Crippen molar-refractivity contribution < 1.29 is 26.9 Å². The van der Waals surface area contributed by atoms with Gasteiger partial charge in [0.2, 0.25) is 5.78 Å². The summed E-state index contributed by atoms with van der Waals surface area (Å²) in [6.45, 7) is 3.86. The molecule has 3 heterocycles. The Kier molecular flexibility index (Phi) is 6.61. The van der Waals surface area contributed by atoms with Crippen LogP contribution in [0.3, 0.4) is 0 Å². The number of aromatic amines is 1. The van der Waals surface area contributed by atoms with Crippen molar-refractivity contribution in [1.29, 1.82) is 0 Å². The number of benzene rings is 3. The van der Waals surface area contributed by atoms with Gasteiger partial charge in [-0.25, -0.2) is 13.9 Å². The molecule has 214 valence electrons. The highest BCUT2D eigenvalue weighted by Crippen LogP contribution is 2.32. The van der Waals surface area contributed by atoms with Crippen LogP contribution < -0.4 is 10.5 Å². The lowest BCUT2D eigenvalue weighted by atomic mass is 10.1. The largest absolute Gasteiger partial charge is 0.573 e. The molecule has 0 bridgehead atoms. The number of nitrogens with one attached hydrogen (secondary N) is 1. The maximum absolute atomic E-state index is 13.9. The lowest BCUT2D eigenvalue weighted by molar-refractivity contribution is -0.274. The highest BCUT2D eigenvalue weighted by Gasteiger charge is 2.32. The second-order valence-electron chi connectivity index (χ2n) is 9.58. The van der Waals surface area contributed by atoms with Crippen LogP contribution in [0.5, 0.6) is 5.75 Å². The Morgan fingerprint density at radius 1 is 1.07 bits per heavy atom. The number of nitrogens with zero attached hydrogens (tertiary/aromatic N) is 4. The predicted octanol–water partition coefficient (Wildman–Crippen LogP) is 5.86. The van der Waals surface area contributed by atoms with E-state index in [-0.39, 0.29) is 28.0 Å².